The van der Waals surface area contributed by atoms with Crippen molar-refractivity contribution in [3.8, 4) is 0 Å². The molecule has 0 bridgehead atoms. The Morgan fingerprint density at radius 1 is 1.40 bits per heavy atom. The van der Waals surface area contributed by atoms with Crippen LogP contribution in [0.2, 0.25) is 10.0 Å². The van der Waals surface area contributed by atoms with Gasteiger partial charge < -0.3 is 10.5 Å². The topological polar surface area (TPSA) is 81.4 Å². The molecule has 0 aromatic heterocycles. The van der Waals surface area contributed by atoms with Gasteiger partial charge in [0, 0.05) is 30.3 Å². The predicted molar refractivity (Wildman–Crippen MR) is 78.5 cm³/mol. The molecule has 0 saturated carbocycles. The second-order valence-corrected chi connectivity index (χ2v) is 7.05. The smallest absolute Gasteiger partial charge is 0.242 e. The summed E-state index contributed by atoms with van der Waals surface area (Å²) in [5, 5.41) is 0.426. The van der Waals surface area contributed by atoms with E-state index in [1.165, 1.54) is 12.1 Å². The van der Waals surface area contributed by atoms with Gasteiger partial charge in [-0.3, -0.25) is 0 Å². The summed E-state index contributed by atoms with van der Waals surface area (Å²) in [5.41, 5.74) is 5.96. The average molecular weight is 339 g/mol. The molecule has 20 heavy (non-hydrogen) atoms. The van der Waals surface area contributed by atoms with Crippen LogP contribution in [0.5, 0.6) is 0 Å². The van der Waals surface area contributed by atoms with Gasteiger partial charge in [0.2, 0.25) is 10.0 Å². The van der Waals surface area contributed by atoms with Crippen LogP contribution in [0.3, 0.4) is 0 Å². The summed E-state index contributed by atoms with van der Waals surface area (Å²) in [6, 6.07) is 2.86. The lowest BCUT2D eigenvalue weighted by Gasteiger charge is -2.14. The molecule has 8 heteroatoms. The third kappa shape index (κ3) is 3.44. The third-order valence-corrected chi connectivity index (χ3v) is 5.53. The molecule has 3 N–H and O–H groups in total. The van der Waals surface area contributed by atoms with E-state index in [0.29, 0.717) is 17.2 Å². The lowest BCUT2D eigenvalue weighted by Crippen LogP contribution is -2.32. The first kappa shape index (κ1) is 16.0. The van der Waals surface area contributed by atoms with Gasteiger partial charge >= 0.3 is 0 Å². The molecule has 1 unspecified atom stereocenters. The summed E-state index contributed by atoms with van der Waals surface area (Å²) >= 11 is 12.0. The Kier molecular flexibility index (Phi) is 5.28. The Morgan fingerprint density at radius 2 is 2.15 bits per heavy atom. The van der Waals surface area contributed by atoms with Crippen molar-refractivity contribution >= 4 is 33.2 Å². The Morgan fingerprint density at radius 3 is 2.75 bits per heavy atom. The number of halogens is 2. The molecule has 0 aliphatic carbocycles. The number of nitrogens with two attached hydrogens (primary N) is 1. The second-order valence-electron chi connectivity index (χ2n) is 4.53. The van der Waals surface area contributed by atoms with Gasteiger partial charge in [0.15, 0.2) is 0 Å². The molecule has 1 fully saturated rings. The van der Waals surface area contributed by atoms with E-state index in [9.17, 15) is 8.42 Å². The van der Waals surface area contributed by atoms with Gasteiger partial charge in [-0.15, -0.1) is 0 Å². The Bertz CT molecular complexity index is 587. The van der Waals surface area contributed by atoms with E-state index >= 15 is 0 Å². The fraction of sp³-hybridized carbons (Fsp3) is 0.500. The fourth-order valence-electron chi connectivity index (χ4n) is 2.06. The molecule has 1 aliphatic heterocycles. The lowest BCUT2D eigenvalue weighted by molar-refractivity contribution is 0.114. The van der Waals surface area contributed by atoms with E-state index in [4.69, 9.17) is 33.7 Å². The van der Waals surface area contributed by atoms with Crippen molar-refractivity contribution in [1.29, 1.82) is 0 Å². The summed E-state index contributed by atoms with van der Waals surface area (Å²) in [7, 11) is -3.70. The molecular formula is C12H16Cl2N2O3S. The fourth-order valence-corrected chi connectivity index (χ4v) is 4.05. The van der Waals surface area contributed by atoms with Crippen molar-refractivity contribution in [3.63, 3.8) is 0 Å². The van der Waals surface area contributed by atoms with Crippen molar-refractivity contribution in [3.05, 3.63) is 27.7 Å². The minimum atomic E-state index is -3.70. The van der Waals surface area contributed by atoms with Crippen LogP contribution in [-0.4, -0.2) is 27.7 Å². The van der Waals surface area contributed by atoms with Crippen molar-refractivity contribution in [1.82, 2.24) is 4.72 Å². The predicted octanol–water partition coefficient (Wildman–Crippen LogP) is 1.91. The zero-order valence-electron chi connectivity index (χ0n) is 10.7. The highest BCUT2D eigenvalue weighted by Crippen LogP contribution is 2.30. The molecule has 1 aromatic carbocycles. The molecule has 2 rings (SSSR count). The SMILES string of the molecule is NCc1c(Cl)ccc(S(=O)(=O)NCC2CCCO2)c1Cl. The van der Waals surface area contributed by atoms with Gasteiger partial charge in [-0.05, 0) is 25.0 Å². The minimum Gasteiger partial charge on any atom is -0.377 e. The van der Waals surface area contributed by atoms with Crippen LogP contribution in [0, 0.1) is 0 Å². The monoisotopic (exact) mass is 338 g/mol. The Hall–Kier alpha value is -0.370. The van der Waals surface area contributed by atoms with E-state index in [0.717, 1.165) is 12.8 Å². The van der Waals surface area contributed by atoms with Crippen LogP contribution < -0.4 is 10.5 Å². The molecule has 0 spiro atoms. The summed E-state index contributed by atoms with van der Waals surface area (Å²) < 4.78 is 32.4. The highest BCUT2D eigenvalue weighted by molar-refractivity contribution is 7.89. The largest absolute Gasteiger partial charge is 0.377 e. The van der Waals surface area contributed by atoms with Gasteiger partial charge in [-0.1, -0.05) is 23.2 Å². The number of benzene rings is 1. The maximum atomic E-state index is 12.3. The molecule has 1 saturated heterocycles. The molecule has 1 heterocycles. The first-order chi connectivity index (χ1) is 9.45. The van der Waals surface area contributed by atoms with Crippen molar-refractivity contribution in [2.75, 3.05) is 13.2 Å². The van der Waals surface area contributed by atoms with Crippen molar-refractivity contribution in [2.24, 2.45) is 5.73 Å². The molecule has 5 nitrogen and oxygen atoms in total. The highest BCUT2D eigenvalue weighted by Gasteiger charge is 2.23. The average Bonchev–Trinajstić information content (AvgIpc) is 2.90. The summed E-state index contributed by atoms with van der Waals surface area (Å²) in [6.07, 6.45) is 1.72. The molecule has 0 radical (unpaired) electrons. The number of ether oxygens (including phenoxy) is 1. The van der Waals surface area contributed by atoms with Gasteiger partial charge in [0.1, 0.15) is 4.90 Å². The molecule has 0 amide bonds. The van der Waals surface area contributed by atoms with Gasteiger partial charge in [0.05, 0.1) is 11.1 Å². The third-order valence-electron chi connectivity index (χ3n) is 3.17. The minimum absolute atomic E-state index is 0.0120. The van der Waals surface area contributed by atoms with E-state index in [-0.39, 0.29) is 29.1 Å². The van der Waals surface area contributed by atoms with Crippen LogP contribution in [0.1, 0.15) is 18.4 Å². The number of nitrogens with one attached hydrogen (secondary N) is 1. The van der Waals surface area contributed by atoms with E-state index in [2.05, 4.69) is 4.72 Å². The maximum absolute atomic E-state index is 12.3. The lowest BCUT2D eigenvalue weighted by atomic mass is 10.2. The second kappa shape index (κ2) is 6.60. The van der Waals surface area contributed by atoms with Crippen LogP contribution in [-0.2, 0) is 21.3 Å². The van der Waals surface area contributed by atoms with E-state index in [1.54, 1.807) is 0 Å². The molecule has 1 aliphatic rings. The van der Waals surface area contributed by atoms with Crippen molar-refractivity contribution in [2.45, 2.75) is 30.4 Å². The van der Waals surface area contributed by atoms with Crippen LogP contribution >= 0.6 is 23.2 Å². The normalized spacial score (nSPS) is 19.4. The standard InChI is InChI=1S/C12H16Cl2N2O3S/c13-10-3-4-11(12(14)9(10)6-15)20(17,18)16-7-8-2-1-5-19-8/h3-4,8,16H,1-2,5-7,15H2. The molecule has 1 aromatic rings. The first-order valence-electron chi connectivity index (χ1n) is 6.24. The molecule has 1 atom stereocenters. The Labute approximate surface area is 128 Å². The summed E-state index contributed by atoms with van der Waals surface area (Å²) in [5.74, 6) is 0. The highest BCUT2D eigenvalue weighted by atomic mass is 35.5. The Balaban J connectivity index is 2.20. The van der Waals surface area contributed by atoms with Crippen LogP contribution in [0.25, 0.3) is 0 Å². The van der Waals surface area contributed by atoms with E-state index < -0.39 is 10.0 Å². The number of rotatable bonds is 5. The van der Waals surface area contributed by atoms with E-state index in [1.807, 2.05) is 0 Å². The number of hydrogen-bond acceptors (Lipinski definition) is 4. The zero-order valence-corrected chi connectivity index (χ0v) is 13.1. The van der Waals surface area contributed by atoms with Crippen molar-refractivity contribution < 1.29 is 13.2 Å². The van der Waals surface area contributed by atoms with Crippen LogP contribution in [0.15, 0.2) is 17.0 Å². The molecule has 112 valence electrons. The van der Waals surface area contributed by atoms with Gasteiger partial charge in [-0.2, -0.15) is 0 Å². The van der Waals surface area contributed by atoms with Gasteiger partial charge in [-0.25, -0.2) is 13.1 Å². The number of hydrogen-bond donors (Lipinski definition) is 2. The summed E-state index contributed by atoms with van der Waals surface area (Å²) in [4.78, 5) is -0.0120. The zero-order chi connectivity index (χ0) is 14.8. The van der Waals surface area contributed by atoms with Crippen LogP contribution in [0.4, 0.5) is 0 Å². The van der Waals surface area contributed by atoms with Gasteiger partial charge in [0.25, 0.3) is 0 Å². The first-order valence-corrected chi connectivity index (χ1v) is 8.48. The maximum Gasteiger partial charge on any atom is 0.242 e. The number of sulfonamides is 1. The quantitative estimate of drug-likeness (QED) is 0.859. The summed E-state index contributed by atoms with van der Waals surface area (Å²) in [6.45, 7) is 0.984. The molecular weight excluding hydrogens is 323 g/mol.